The third-order valence-electron chi connectivity index (χ3n) is 4.39. The minimum absolute atomic E-state index is 0. The molecule has 1 aromatic heterocycles. The Morgan fingerprint density at radius 1 is 1.14 bits per heavy atom. The van der Waals surface area contributed by atoms with Crippen LogP contribution in [-0.2, 0) is 12.8 Å². The second-order valence-electron chi connectivity index (χ2n) is 5.97. The van der Waals surface area contributed by atoms with Crippen LogP contribution in [-0.4, -0.2) is 25.0 Å². The molecule has 1 aromatic rings. The minimum atomic E-state index is 0. The van der Waals surface area contributed by atoms with Gasteiger partial charge in [0.2, 0.25) is 0 Å². The zero-order chi connectivity index (χ0) is 13.8. The molecule has 1 aliphatic heterocycles. The molecule has 1 aliphatic carbocycles. The van der Waals surface area contributed by atoms with Gasteiger partial charge in [-0.05, 0) is 63.2 Å². The van der Waals surface area contributed by atoms with Gasteiger partial charge in [0, 0.05) is 10.9 Å². The van der Waals surface area contributed by atoms with Crippen molar-refractivity contribution >= 4 is 29.7 Å². The molecule has 2 aliphatic rings. The predicted molar refractivity (Wildman–Crippen MR) is 90.8 cm³/mol. The van der Waals surface area contributed by atoms with Gasteiger partial charge in [0.25, 0.3) is 5.91 Å². The van der Waals surface area contributed by atoms with Crippen LogP contribution in [0.1, 0.15) is 58.6 Å². The summed E-state index contributed by atoms with van der Waals surface area (Å²) in [6.45, 7) is 2.04. The molecule has 3 nitrogen and oxygen atoms in total. The molecule has 0 bridgehead atoms. The highest BCUT2D eigenvalue weighted by molar-refractivity contribution is 7.14. The molecule has 0 saturated carbocycles. The van der Waals surface area contributed by atoms with Crippen LogP contribution in [0.4, 0.5) is 0 Å². The van der Waals surface area contributed by atoms with Gasteiger partial charge in [-0.3, -0.25) is 4.79 Å². The fourth-order valence-electron chi connectivity index (χ4n) is 3.18. The van der Waals surface area contributed by atoms with E-state index in [1.165, 1.54) is 42.5 Å². The Balaban J connectivity index is 0.00000161. The smallest absolute Gasteiger partial charge is 0.261 e. The molecule has 118 valence electrons. The summed E-state index contributed by atoms with van der Waals surface area (Å²) in [5.74, 6) is 0.147. The lowest BCUT2D eigenvalue weighted by atomic mass is 9.99. The lowest BCUT2D eigenvalue weighted by Gasteiger charge is -2.23. The number of amides is 1. The zero-order valence-corrected chi connectivity index (χ0v) is 14.1. The van der Waals surface area contributed by atoms with Crippen molar-refractivity contribution in [2.24, 2.45) is 0 Å². The summed E-state index contributed by atoms with van der Waals surface area (Å²) < 4.78 is 0. The first-order chi connectivity index (χ1) is 9.83. The number of rotatable bonds is 2. The van der Waals surface area contributed by atoms with E-state index in [4.69, 9.17) is 0 Å². The van der Waals surface area contributed by atoms with E-state index in [-0.39, 0.29) is 18.3 Å². The first-order valence-corrected chi connectivity index (χ1v) is 8.78. The van der Waals surface area contributed by atoms with Crippen molar-refractivity contribution in [3.63, 3.8) is 0 Å². The molecule has 0 radical (unpaired) electrons. The summed E-state index contributed by atoms with van der Waals surface area (Å²) in [6.07, 6.45) is 9.67. The fourth-order valence-corrected chi connectivity index (χ4v) is 4.34. The SMILES string of the molecule is Cl.O=C(NC1CCNCC1)c1cc2c(s1)CCCCCC2. The maximum absolute atomic E-state index is 12.4. The van der Waals surface area contributed by atoms with Gasteiger partial charge < -0.3 is 10.6 Å². The predicted octanol–water partition coefficient (Wildman–Crippen LogP) is 3.31. The van der Waals surface area contributed by atoms with Crippen LogP contribution < -0.4 is 10.6 Å². The molecule has 1 fully saturated rings. The topological polar surface area (TPSA) is 41.1 Å². The Labute approximate surface area is 137 Å². The number of aryl methyl sites for hydroxylation is 2. The van der Waals surface area contributed by atoms with Crippen molar-refractivity contribution in [2.45, 2.75) is 57.4 Å². The van der Waals surface area contributed by atoms with Crippen LogP contribution >= 0.6 is 23.7 Å². The third-order valence-corrected chi connectivity index (χ3v) is 5.63. The first-order valence-electron chi connectivity index (χ1n) is 7.96. The van der Waals surface area contributed by atoms with E-state index >= 15 is 0 Å². The monoisotopic (exact) mass is 328 g/mol. The molecule has 0 aromatic carbocycles. The maximum Gasteiger partial charge on any atom is 0.261 e. The second kappa shape index (κ2) is 8.16. The number of halogens is 1. The largest absolute Gasteiger partial charge is 0.349 e. The van der Waals surface area contributed by atoms with Crippen LogP contribution in [0.2, 0.25) is 0 Å². The molecule has 1 amide bonds. The van der Waals surface area contributed by atoms with E-state index in [0.717, 1.165) is 37.2 Å². The van der Waals surface area contributed by atoms with Crippen LogP contribution in [0.25, 0.3) is 0 Å². The van der Waals surface area contributed by atoms with Crippen molar-refractivity contribution in [1.82, 2.24) is 10.6 Å². The Bertz CT molecular complexity index is 443. The van der Waals surface area contributed by atoms with Crippen molar-refractivity contribution in [3.05, 3.63) is 21.4 Å². The standard InChI is InChI=1S/C16H24N2OS.ClH/c19-16(18-13-7-9-17-10-8-13)15-11-12-5-3-1-2-4-6-14(12)20-15;/h11,13,17H,1-10H2,(H,18,19);1H. The number of thiophene rings is 1. The molecule has 0 atom stereocenters. The number of carbonyl (C=O) groups is 1. The highest BCUT2D eigenvalue weighted by atomic mass is 35.5. The zero-order valence-electron chi connectivity index (χ0n) is 12.5. The van der Waals surface area contributed by atoms with Gasteiger partial charge in [-0.2, -0.15) is 0 Å². The van der Waals surface area contributed by atoms with Crippen LogP contribution in [0, 0.1) is 0 Å². The summed E-state index contributed by atoms with van der Waals surface area (Å²) in [5, 5.41) is 6.54. The maximum atomic E-state index is 12.4. The highest BCUT2D eigenvalue weighted by Gasteiger charge is 2.19. The van der Waals surface area contributed by atoms with E-state index in [1.807, 2.05) is 0 Å². The number of piperidine rings is 1. The van der Waals surface area contributed by atoms with E-state index in [9.17, 15) is 4.79 Å². The van der Waals surface area contributed by atoms with Gasteiger partial charge in [-0.15, -0.1) is 23.7 Å². The Morgan fingerprint density at radius 2 is 1.86 bits per heavy atom. The third kappa shape index (κ3) is 4.44. The molecule has 0 spiro atoms. The molecule has 2 N–H and O–H groups in total. The van der Waals surface area contributed by atoms with Gasteiger partial charge in [0.15, 0.2) is 0 Å². The fraction of sp³-hybridized carbons (Fsp3) is 0.688. The van der Waals surface area contributed by atoms with Gasteiger partial charge in [0.05, 0.1) is 4.88 Å². The molecule has 3 rings (SSSR count). The summed E-state index contributed by atoms with van der Waals surface area (Å²) in [6, 6.07) is 2.51. The molecule has 5 heteroatoms. The molecule has 0 unspecified atom stereocenters. The molecule has 21 heavy (non-hydrogen) atoms. The number of fused-ring (bicyclic) bond motifs is 1. The Morgan fingerprint density at radius 3 is 2.62 bits per heavy atom. The second-order valence-corrected chi connectivity index (χ2v) is 7.11. The van der Waals surface area contributed by atoms with Crippen molar-refractivity contribution in [3.8, 4) is 0 Å². The lowest BCUT2D eigenvalue weighted by molar-refractivity contribution is 0.0933. The number of hydrogen-bond donors (Lipinski definition) is 2. The Kier molecular flexibility index (Phi) is 6.52. The molecule has 1 saturated heterocycles. The number of carbonyl (C=O) groups excluding carboxylic acids is 1. The van der Waals surface area contributed by atoms with Crippen molar-refractivity contribution in [1.29, 1.82) is 0 Å². The summed E-state index contributed by atoms with van der Waals surface area (Å²) in [7, 11) is 0. The van der Waals surface area contributed by atoms with E-state index in [2.05, 4.69) is 16.7 Å². The van der Waals surface area contributed by atoms with Crippen LogP contribution in [0.15, 0.2) is 6.07 Å². The van der Waals surface area contributed by atoms with Gasteiger partial charge >= 0.3 is 0 Å². The normalized spacial score (nSPS) is 19.8. The Hall–Kier alpha value is -0.580. The van der Waals surface area contributed by atoms with Crippen molar-refractivity contribution < 1.29 is 4.79 Å². The average Bonchev–Trinajstić information content (AvgIpc) is 2.82. The van der Waals surface area contributed by atoms with Gasteiger partial charge in [0.1, 0.15) is 0 Å². The quantitative estimate of drug-likeness (QED) is 0.874. The summed E-state index contributed by atoms with van der Waals surface area (Å²) in [5.41, 5.74) is 1.44. The number of hydrogen-bond acceptors (Lipinski definition) is 3. The highest BCUT2D eigenvalue weighted by Crippen LogP contribution is 2.28. The summed E-state index contributed by atoms with van der Waals surface area (Å²) in [4.78, 5) is 14.8. The molecular formula is C16H25ClN2OS. The van der Waals surface area contributed by atoms with Crippen molar-refractivity contribution in [2.75, 3.05) is 13.1 Å². The lowest BCUT2D eigenvalue weighted by Crippen LogP contribution is -2.42. The van der Waals surface area contributed by atoms with E-state index in [1.54, 1.807) is 11.3 Å². The minimum Gasteiger partial charge on any atom is -0.349 e. The van der Waals surface area contributed by atoms with Crippen LogP contribution in [0.3, 0.4) is 0 Å². The van der Waals surface area contributed by atoms with Crippen LogP contribution in [0.5, 0.6) is 0 Å². The first kappa shape index (κ1) is 16.8. The van der Waals surface area contributed by atoms with E-state index < -0.39 is 0 Å². The average molecular weight is 329 g/mol. The number of nitrogens with one attached hydrogen (secondary N) is 2. The van der Waals surface area contributed by atoms with Gasteiger partial charge in [-0.1, -0.05) is 12.8 Å². The molecular weight excluding hydrogens is 304 g/mol. The summed E-state index contributed by atoms with van der Waals surface area (Å²) >= 11 is 1.73. The molecule has 2 heterocycles. The van der Waals surface area contributed by atoms with E-state index in [0.29, 0.717) is 6.04 Å². The van der Waals surface area contributed by atoms with Gasteiger partial charge in [-0.25, -0.2) is 0 Å².